The topological polar surface area (TPSA) is 104 Å². The number of ether oxygens (including phenoxy) is 2. The van der Waals surface area contributed by atoms with Crippen molar-refractivity contribution >= 4 is 33.5 Å². The van der Waals surface area contributed by atoms with E-state index in [0.29, 0.717) is 10.8 Å². The van der Waals surface area contributed by atoms with Gasteiger partial charge in [0.15, 0.2) is 0 Å². The highest BCUT2D eigenvalue weighted by Gasteiger charge is 2.23. The Morgan fingerprint density at radius 3 is 1.90 bits per heavy atom. The molecule has 2 N–H and O–H groups in total. The Labute approximate surface area is 166 Å². The highest BCUT2D eigenvalue weighted by atomic mass is 16.6. The molecule has 4 rings (SSSR count). The standard InChI is InChI=1S/C22H17N3O4/c23-18(22(27)29-21-17-8-4-2-6-15(17)10-12-25-21)13-19(26)28-20-16-7-3-1-5-14(16)9-11-24-20/h1-12,18H,13,23H2/t18-/m0/s1. The molecule has 0 radical (unpaired) electrons. The molecule has 0 saturated heterocycles. The van der Waals surface area contributed by atoms with Gasteiger partial charge in [0.05, 0.1) is 6.42 Å². The third-order valence-corrected chi connectivity index (χ3v) is 4.37. The number of rotatable bonds is 5. The zero-order valence-corrected chi connectivity index (χ0v) is 15.3. The van der Waals surface area contributed by atoms with Crippen molar-refractivity contribution in [3.8, 4) is 11.8 Å². The normalized spacial score (nSPS) is 11.9. The van der Waals surface area contributed by atoms with Gasteiger partial charge in [-0.05, 0) is 35.0 Å². The lowest BCUT2D eigenvalue weighted by atomic mass is 10.2. The summed E-state index contributed by atoms with van der Waals surface area (Å²) in [7, 11) is 0. The largest absolute Gasteiger partial charge is 0.407 e. The minimum absolute atomic E-state index is 0.146. The maximum Gasteiger partial charge on any atom is 0.330 e. The van der Waals surface area contributed by atoms with Crippen molar-refractivity contribution in [2.24, 2.45) is 5.73 Å². The molecule has 7 nitrogen and oxygen atoms in total. The Hall–Kier alpha value is -3.84. The van der Waals surface area contributed by atoms with E-state index < -0.39 is 18.0 Å². The van der Waals surface area contributed by atoms with Crippen LogP contribution in [0, 0.1) is 0 Å². The van der Waals surface area contributed by atoms with E-state index in [9.17, 15) is 9.59 Å². The summed E-state index contributed by atoms with van der Waals surface area (Å²) in [5, 5.41) is 3.13. The number of nitrogens with two attached hydrogens (primary N) is 1. The van der Waals surface area contributed by atoms with Gasteiger partial charge in [-0.15, -0.1) is 0 Å². The van der Waals surface area contributed by atoms with Gasteiger partial charge in [0, 0.05) is 23.2 Å². The number of hydrogen-bond acceptors (Lipinski definition) is 7. The smallest absolute Gasteiger partial charge is 0.330 e. The number of aromatic nitrogens is 2. The fourth-order valence-corrected chi connectivity index (χ4v) is 2.93. The molecule has 0 aliphatic carbocycles. The zero-order chi connectivity index (χ0) is 20.2. The summed E-state index contributed by atoms with van der Waals surface area (Å²) in [5.74, 6) is -1.13. The number of benzene rings is 2. The van der Waals surface area contributed by atoms with Gasteiger partial charge < -0.3 is 15.2 Å². The first-order valence-electron chi connectivity index (χ1n) is 8.97. The van der Waals surface area contributed by atoms with E-state index in [1.165, 1.54) is 6.20 Å². The Kier molecular flexibility index (Phi) is 5.13. The van der Waals surface area contributed by atoms with Gasteiger partial charge in [0.25, 0.3) is 0 Å². The molecule has 2 aromatic heterocycles. The molecule has 0 unspecified atom stereocenters. The average Bonchev–Trinajstić information content (AvgIpc) is 2.74. The molecule has 1 atom stereocenters. The second-order valence-electron chi connectivity index (χ2n) is 6.38. The summed E-state index contributed by atoms with van der Waals surface area (Å²) in [6, 6.07) is 17.2. The fourth-order valence-electron chi connectivity index (χ4n) is 2.93. The molecule has 29 heavy (non-hydrogen) atoms. The summed E-state index contributed by atoms with van der Waals surface area (Å²) >= 11 is 0. The van der Waals surface area contributed by atoms with Crippen LogP contribution >= 0.6 is 0 Å². The second-order valence-corrected chi connectivity index (χ2v) is 6.38. The van der Waals surface area contributed by atoms with Crippen molar-refractivity contribution in [2.45, 2.75) is 12.5 Å². The lowest BCUT2D eigenvalue weighted by Crippen LogP contribution is -2.37. The van der Waals surface area contributed by atoms with Crippen molar-refractivity contribution in [3.05, 3.63) is 73.1 Å². The monoisotopic (exact) mass is 387 g/mol. The van der Waals surface area contributed by atoms with Gasteiger partial charge in [-0.2, -0.15) is 0 Å². The van der Waals surface area contributed by atoms with E-state index in [1.807, 2.05) is 42.5 Å². The predicted molar refractivity (Wildman–Crippen MR) is 107 cm³/mol. The number of carbonyl (C=O) groups excluding carboxylic acids is 2. The maximum absolute atomic E-state index is 12.3. The first-order chi connectivity index (χ1) is 14.1. The second kappa shape index (κ2) is 8.04. The van der Waals surface area contributed by atoms with Crippen LogP contribution in [0.25, 0.3) is 21.5 Å². The Balaban J connectivity index is 1.43. The number of nitrogens with zero attached hydrogens (tertiary/aromatic N) is 2. The van der Waals surface area contributed by atoms with Gasteiger partial charge in [-0.1, -0.05) is 36.4 Å². The van der Waals surface area contributed by atoms with Crippen LogP contribution in [0.5, 0.6) is 11.8 Å². The van der Waals surface area contributed by atoms with Crippen LogP contribution in [-0.4, -0.2) is 27.9 Å². The molecule has 0 amide bonds. The molecule has 7 heteroatoms. The molecule has 0 saturated carbocycles. The van der Waals surface area contributed by atoms with Crippen LogP contribution in [-0.2, 0) is 9.59 Å². The molecular formula is C22H17N3O4. The SMILES string of the molecule is N[C@@H](CC(=O)Oc1nccc2ccccc12)C(=O)Oc1nccc2ccccc12. The van der Waals surface area contributed by atoms with E-state index in [1.54, 1.807) is 24.4 Å². The molecule has 144 valence electrons. The third-order valence-electron chi connectivity index (χ3n) is 4.37. The van der Waals surface area contributed by atoms with E-state index in [-0.39, 0.29) is 18.2 Å². The highest BCUT2D eigenvalue weighted by Crippen LogP contribution is 2.24. The van der Waals surface area contributed by atoms with Crippen molar-refractivity contribution in [3.63, 3.8) is 0 Å². The summed E-state index contributed by atoms with van der Waals surface area (Å²) in [6.45, 7) is 0. The fraction of sp³-hybridized carbons (Fsp3) is 0.0909. The molecule has 2 aromatic carbocycles. The van der Waals surface area contributed by atoms with Crippen LogP contribution in [0.3, 0.4) is 0 Å². The molecular weight excluding hydrogens is 370 g/mol. The first kappa shape index (κ1) is 18.5. The molecule has 0 bridgehead atoms. The molecule has 0 aliphatic rings. The molecule has 0 aliphatic heterocycles. The summed E-state index contributed by atoms with van der Waals surface area (Å²) in [6.07, 6.45) is 2.73. The number of esters is 2. The van der Waals surface area contributed by atoms with Crippen LogP contribution in [0.4, 0.5) is 0 Å². The molecule has 4 aromatic rings. The van der Waals surface area contributed by atoms with Gasteiger partial charge >= 0.3 is 11.9 Å². The van der Waals surface area contributed by atoms with E-state index in [4.69, 9.17) is 15.2 Å². The third kappa shape index (κ3) is 4.04. The predicted octanol–water partition coefficient (Wildman–Crippen LogP) is 3.01. The number of carbonyl (C=O) groups is 2. The van der Waals surface area contributed by atoms with Crippen LogP contribution in [0.15, 0.2) is 73.1 Å². The molecule has 2 heterocycles. The number of fused-ring (bicyclic) bond motifs is 2. The van der Waals surface area contributed by atoms with Crippen LogP contribution < -0.4 is 15.2 Å². The minimum Gasteiger partial charge on any atom is -0.407 e. The maximum atomic E-state index is 12.3. The van der Waals surface area contributed by atoms with Gasteiger partial charge in [0.1, 0.15) is 6.04 Å². The van der Waals surface area contributed by atoms with Gasteiger partial charge in [-0.3, -0.25) is 4.79 Å². The highest BCUT2D eigenvalue weighted by molar-refractivity contribution is 5.92. The van der Waals surface area contributed by atoms with E-state index >= 15 is 0 Å². The van der Waals surface area contributed by atoms with Crippen LogP contribution in [0.1, 0.15) is 6.42 Å². The minimum atomic E-state index is -1.20. The quantitative estimate of drug-likeness (QED) is 0.525. The van der Waals surface area contributed by atoms with Crippen molar-refractivity contribution in [1.82, 2.24) is 9.97 Å². The Morgan fingerprint density at radius 2 is 1.31 bits per heavy atom. The van der Waals surface area contributed by atoms with Crippen molar-refractivity contribution in [1.29, 1.82) is 0 Å². The zero-order valence-electron chi connectivity index (χ0n) is 15.3. The van der Waals surface area contributed by atoms with Gasteiger partial charge in [0.2, 0.25) is 11.8 Å². The van der Waals surface area contributed by atoms with E-state index in [0.717, 1.165) is 10.8 Å². The number of hydrogen-bond donors (Lipinski definition) is 1. The van der Waals surface area contributed by atoms with Crippen molar-refractivity contribution < 1.29 is 19.1 Å². The molecule has 0 fully saturated rings. The van der Waals surface area contributed by atoms with Crippen LogP contribution in [0.2, 0.25) is 0 Å². The Morgan fingerprint density at radius 1 is 0.793 bits per heavy atom. The summed E-state index contributed by atoms with van der Waals surface area (Å²) in [5.41, 5.74) is 5.85. The lowest BCUT2D eigenvalue weighted by Gasteiger charge is -2.12. The summed E-state index contributed by atoms with van der Waals surface area (Å²) in [4.78, 5) is 32.8. The summed E-state index contributed by atoms with van der Waals surface area (Å²) < 4.78 is 10.6. The molecule has 0 spiro atoms. The van der Waals surface area contributed by atoms with Crippen molar-refractivity contribution in [2.75, 3.05) is 0 Å². The van der Waals surface area contributed by atoms with E-state index in [2.05, 4.69) is 9.97 Å². The Bertz CT molecular complexity index is 1200. The lowest BCUT2D eigenvalue weighted by molar-refractivity contribution is -0.142. The first-order valence-corrected chi connectivity index (χ1v) is 8.97. The van der Waals surface area contributed by atoms with Gasteiger partial charge in [-0.25, -0.2) is 14.8 Å². The number of pyridine rings is 2. The average molecular weight is 387 g/mol.